The van der Waals surface area contributed by atoms with E-state index in [1.54, 1.807) is 0 Å². The maximum absolute atomic E-state index is 12.4. The fourth-order valence-corrected chi connectivity index (χ4v) is 4.35. The van der Waals surface area contributed by atoms with Gasteiger partial charge in [0.05, 0.1) is 30.8 Å². The Hall–Kier alpha value is 0.0200. The Morgan fingerprint density at radius 1 is 0.872 bits per heavy atom. The zero-order valence-electron chi connectivity index (χ0n) is 24.2. The van der Waals surface area contributed by atoms with Crippen LogP contribution in [0.5, 0.6) is 0 Å². The van der Waals surface area contributed by atoms with Crippen LogP contribution in [0, 0.1) is 0 Å². The van der Waals surface area contributed by atoms with E-state index >= 15 is 0 Å². The summed E-state index contributed by atoms with van der Waals surface area (Å²) in [6.07, 6.45) is 18.6. The first-order valence-corrected chi connectivity index (χ1v) is 14.9. The number of esters is 1. The second-order valence-electron chi connectivity index (χ2n) is 9.16. The van der Waals surface area contributed by atoms with E-state index in [1.165, 1.54) is 43.4 Å². The molecule has 1 amide bonds. The van der Waals surface area contributed by atoms with E-state index < -0.39 is 33.7 Å². The van der Waals surface area contributed by atoms with Crippen molar-refractivity contribution in [2.75, 3.05) is 26.3 Å². The molecule has 10 nitrogen and oxygen atoms in total. The Labute approximate surface area is 279 Å². The second kappa shape index (κ2) is 28.2. The van der Waals surface area contributed by atoms with E-state index in [2.05, 4.69) is 19.1 Å². The third-order valence-electron chi connectivity index (χ3n) is 5.96. The van der Waals surface area contributed by atoms with Gasteiger partial charge in [0.2, 0.25) is 5.91 Å². The first-order valence-electron chi connectivity index (χ1n) is 13.5. The maximum Gasteiger partial charge on any atom is 1.00 e. The van der Waals surface area contributed by atoms with Crippen LogP contribution in [0.1, 0.15) is 103 Å². The zero-order valence-corrected chi connectivity index (χ0v) is 29.1. The van der Waals surface area contributed by atoms with Gasteiger partial charge in [0.25, 0.3) is 0 Å². The van der Waals surface area contributed by atoms with Gasteiger partial charge in [0.15, 0.2) is 0 Å². The van der Waals surface area contributed by atoms with E-state index in [9.17, 15) is 37.6 Å². The monoisotopic (exact) mass is 593 g/mol. The number of hydrogen-bond donors (Lipinski definition) is 1. The SMILES string of the molecule is CCCCCCCC/C=C/CCCCCCCC(=O)N(CCO)CCOC(=O)CC(C(=O)[O-])S(=O)(=O)[O-].[Na+].[Na+]. The molecular weight excluding hydrogens is 548 g/mol. The molecule has 0 bridgehead atoms. The first kappa shape index (κ1) is 43.5. The minimum absolute atomic E-state index is 0. The number of carboxylic acid groups (broad SMARTS) is 1. The molecule has 0 aliphatic rings. The number of hydrogen-bond acceptors (Lipinski definition) is 9. The second-order valence-corrected chi connectivity index (χ2v) is 10.7. The van der Waals surface area contributed by atoms with E-state index in [-0.39, 0.29) is 97.7 Å². The average molecular weight is 594 g/mol. The van der Waals surface area contributed by atoms with E-state index in [0.29, 0.717) is 6.42 Å². The molecule has 0 saturated heterocycles. The van der Waals surface area contributed by atoms with Gasteiger partial charge >= 0.3 is 65.1 Å². The molecular formula is C26H45NNa2O9S. The maximum atomic E-state index is 12.4. The van der Waals surface area contributed by atoms with Crippen LogP contribution in [0.4, 0.5) is 0 Å². The molecule has 0 aliphatic carbocycles. The zero-order chi connectivity index (χ0) is 27.9. The number of nitrogens with zero attached hydrogens (tertiary/aromatic N) is 1. The number of aliphatic hydroxyl groups is 1. The number of carbonyl (C=O) groups excluding carboxylic acids is 3. The predicted molar refractivity (Wildman–Crippen MR) is 137 cm³/mol. The number of aliphatic hydroxyl groups excluding tert-OH is 1. The van der Waals surface area contributed by atoms with Crippen molar-refractivity contribution in [2.24, 2.45) is 0 Å². The Kier molecular flexibility index (Phi) is 31.4. The van der Waals surface area contributed by atoms with Gasteiger partial charge in [-0.1, -0.05) is 70.4 Å². The molecule has 0 aromatic rings. The molecule has 1 N–H and O–H groups in total. The van der Waals surface area contributed by atoms with Crippen molar-refractivity contribution >= 4 is 28.0 Å². The number of carboxylic acids is 1. The minimum atomic E-state index is -5.27. The Bertz CT molecular complexity index is 779. The smallest absolute Gasteiger partial charge is 0.747 e. The summed E-state index contributed by atoms with van der Waals surface area (Å²) in [5, 5.41) is 17.4. The quantitative estimate of drug-likeness (QED) is 0.0392. The molecule has 39 heavy (non-hydrogen) atoms. The summed E-state index contributed by atoms with van der Waals surface area (Å²) in [5.41, 5.74) is 0. The van der Waals surface area contributed by atoms with Crippen molar-refractivity contribution in [2.45, 2.75) is 108 Å². The summed E-state index contributed by atoms with van der Waals surface area (Å²) in [4.78, 5) is 36.1. The Balaban J connectivity index is -0.00000648. The van der Waals surface area contributed by atoms with E-state index in [1.807, 2.05) is 0 Å². The van der Waals surface area contributed by atoms with Crippen LogP contribution < -0.4 is 64.2 Å². The van der Waals surface area contributed by atoms with Crippen molar-refractivity contribution in [3.05, 3.63) is 12.2 Å². The molecule has 0 heterocycles. The number of carbonyl (C=O) groups is 3. The van der Waals surface area contributed by atoms with Crippen LogP contribution >= 0.6 is 0 Å². The summed E-state index contributed by atoms with van der Waals surface area (Å²) < 4.78 is 37.4. The van der Waals surface area contributed by atoms with Gasteiger partial charge < -0.3 is 29.2 Å². The van der Waals surface area contributed by atoms with Crippen LogP contribution in [0.3, 0.4) is 0 Å². The fourth-order valence-electron chi connectivity index (χ4n) is 3.77. The number of amides is 1. The summed E-state index contributed by atoms with van der Waals surface area (Å²) in [5.74, 6) is -3.59. The molecule has 1 atom stereocenters. The number of allylic oxidation sites excluding steroid dienone is 2. The first-order chi connectivity index (χ1) is 17.6. The van der Waals surface area contributed by atoms with Crippen LogP contribution in [0.15, 0.2) is 12.2 Å². The van der Waals surface area contributed by atoms with Gasteiger partial charge in [-0.2, -0.15) is 0 Å². The van der Waals surface area contributed by atoms with Crippen molar-refractivity contribution in [3.8, 4) is 0 Å². The molecule has 0 spiro atoms. The van der Waals surface area contributed by atoms with Crippen LogP contribution in [-0.4, -0.2) is 72.4 Å². The molecule has 0 fully saturated rings. The van der Waals surface area contributed by atoms with Crippen molar-refractivity contribution in [3.63, 3.8) is 0 Å². The van der Waals surface area contributed by atoms with E-state index in [4.69, 9.17) is 4.74 Å². The molecule has 216 valence electrons. The van der Waals surface area contributed by atoms with Crippen molar-refractivity contribution in [1.29, 1.82) is 0 Å². The summed E-state index contributed by atoms with van der Waals surface area (Å²) >= 11 is 0. The topological polar surface area (TPSA) is 164 Å². The van der Waals surface area contributed by atoms with Gasteiger partial charge in [0, 0.05) is 13.0 Å². The Morgan fingerprint density at radius 3 is 1.87 bits per heavy atom. The Morgan fingerprint density at radius 2 is 1.38 bits per heavy atom. The molecule has 0 aromatic carbocycles. The van der Waals surface area contributed by atoms with E-state index in [0.717, 1.165) is 38.5 Å². The summed E-state index contributed by atoms with van der Waals surface area (Å²) in [6.45, 7) is 1.61. The normalized spacial score (nSPS) is 11.9. The largest absolute Gasteiger partial charge is 1.00 e. The standard InChI is InChI=1S/C26H47NO9S.2Na/c1-2-3-4-5-6-7-8-9-10-11-12-13-14-15-16-17-24(29)27(18-20-28)19-21-36-25(30)22-23(26(31)32)37(33,34)35;;/h9-10,23,28H,2-8,11-22H2,1H3,(H,31,32)(H,33,34,35);;/q;2*+1/p-2/b10-9+;;. The third kappa shape index (κ3) is 25.5. The van der Waals surface area contributed by atoms with Crippen molar-refractivity contribution < 1.29 is 101 Å². The number of rotatable bonds is 24. The third-order valence-corrected chi connectivity index (χ3v) is 7.02. The van der Waals surface area contributed by atoms with Crippen LogP contribution in [0.25, 0.3) is 0 Å². The van der Waals surface area contributed by atoms with Gasteiger partial charge in [-0.3, -0.25) is 9.59 Å². The number of aliphatic carboxylic acids is 1. The molecule has 0 radical (unpaired) electrons. The van der Waals surface area contributed by atoms with Crippen molar-refractivity contribution in [1.82, 2.24) is 4.90 Å². The number of unbranched alkanes of at least 4 members (excludes halogenated alkanes) is 11. The molecule has 0 saturated carbocycles. The molecule has 0 aliphatic heterocycles. The molecule has 1 unspecified atom stereocenters. The van der Waals surface area contributed by atoms with Gasteiger partial charge in [0.1, 0.15) is 16.7 Å². The van der Waals surface area contributed by atoms with Crippen LogP contribution in [0.2, 0.25) is 0 Å². The summed E-state index contributed by atoms with van der Waals surface area (Å²) in [6, 6.07) is 0. The molecule has 0 rings (SSSR count). The molecule has 0 aromatic heterocycles. The number of ether oxygens (including phenoxy) is 1. The fraction of sp³-hybridized carbons (Fsp3) is 0.808. The van der Waals surface area contributed by atoms with Gasteiger partial charge in [-0.05, 0) is 32.1 Å². The predicted octanol–water partition coefficient (Wildman–Crippen LogP) is -3.55. The molecule has 13 heteroatoms. The van der Waals surface area contributed by atoms with Crippen LogP contribution in [-0.2, 0) is 29.2 Å². The van der Waals surface area contributed by atoms with Gasteiger partial charge in [-0.15, -0.1) is 0 Å². The average Bonchev–Trinajstić information content (AvgIpc) is 2.83. The minimum Gasteiger partial charge on any atom is -0.747 e. The van der Waals surface area contributed by atoms with Gasteiger partial charge in [-0.25, -0.2) is 8.42 Å². The summed E-state index contributed by atoms with van der Waals surface area (Å²) in [7, 11) is -5.27.